The summed E-state index contributed by atoms with van der Waals surface area (Å²) in [6.07, 6.45) is 1.01. The Balaban J connectivity index is 2.22. The Kier molecular flexibility index (Phi) is 4.12. The fourth-order valence-corrected chi connectivity index (χ4v) is 2.57. The van der Waals surface area contributed by atoms with Gasteiger partial charge in [0.15, 0.2) is 0 Å². The summed E-state index contributed by atoms with van der Waals surface area (Å²) >= 11 is 1.53. The van der Waals surface area contributed by atoms with Crippen molar-refractivity contribution in [2.75, 3.05) is 5.73 Å². The summed E-state index contributed by atoms with van der Waals surface area (Å²) in [6.45, 7) is 2.11. The topological polar surface area (TPSA) is 63.3 Å². The van der Waals surface area contributed by atoms with E-state index in [1.165, 1.54) is 17.3 Å². The highest BCUT2D eigenvalue weighted by Crippen LogP contribution is 2.30. The number of nitrogens with two attached hydrogens (primary N) is 1. The third-order valence-corrected chi connectivity index (χ3v) is 3.82. The zero-order chi connectivity index (χ0) is 13.8. The first-order valence-corrected chi connectivity index (χ1v) is 6.81. The summed E-state index contributed by atoms with van der Waals surface area (Å²) in [4.78, 5) is 13.0. The highest BCUT2D eigenvalue weighted by Gasteiger charge is 2.09. The van der Waals surface area contributed by atoms with Crippen molar-refractivity contribution in [1.29, 1.82) is 0 Å². The fraction of sp³-hybridized carbons (Fsp3) is 0.133. The lowest BCUT2D eigenvalue weighted by atomic mass is 10.2. The van der Waals surface area contributed by atoms with Crippen LogP contribution in [0, 0.1) is 0 Å². The van der Waals surface area contributed by atoms with Gasteiger partial charge in [-0.25, -0.2) is 4.79 Å². The Hall–Kier alpha value is -1.94. The predicted octanol–water partition coefficient (Wildman–Crippen LogP) is 3.68. The van der Waals surface area contributed by atoms with Crippen molar-refractivity contribution in [3.63, 3.8) is 0 Å². The number of nitrogen functional groups attached to an aromatic ring is 1. The molecule has 0 spiro atoms. The van der Waals surface area contributed by atoms with E-state index in [0.29, 0.717) is 0 Å². The second-order valence-corrected chi connectivity index (χ2v) is 5.30. The van der Waals surface area contributed by atoms with E-state index in [4.69, 9.17) is 10.8 Å². The summed E-state index contributed by atoms with van der Waals surface area (Å²) in [6, 6.07) is 13.3. The first-order chi connectivity index (χ1) is 9.10. The predicted molar refractivity (Wildman–Crippen MR) is 77.8 cm³/mol. The Morgan fingerprint density at radius 3 is 2.37 bits per heavy atom. The molecule has 0 unspecified atom stereocenters. The molecule has 3 N–H and O–H groups in total. The van der Waals surface area contributed by atoms with E-state index >= 15 is 0 Å². The van der Waals surface area contributed by atoms with Crippen LogP contribution >= 0.6 is 11.8 Å². The molecule has 2 rings (SSSR count). The van der Waals surface area contributed by atoms with Crippen LogP contribution in [0.15, 0.2) is 52.3 Å². The molecule has 0 saturated carbocycles. The number of carbonyl (C=O) groups is 1. The molecule has 0 bridgehead atoms. The third-order valence-electron chi connectivity index (χ3n) is 2.82. The molecule has 0 amide bonds. The van der Waals surface area contributed by atoms with Gasteiger partial charge in [-0.1, -0.05) is 30.8 Å². The fourth-order valence-electron chi connectivity index (χ4n) is 1.71. The number of hydrogen-bond acceptors (Lipinski definition) is 3. The van der Waals surface area contributed by atoms with Gasteiger partial charge in [0.2, 0.25) is 0 Å². The van der Waals surface area contributed by atoms with Gasteiger partial charge in [-0.15, -0.1) is 0 Å². The molecular weight excluding hydrogens is 258 g/mol. The van der Waals surface area contributed by atoms with E-state index in [-0.39, 0.29) is 11.3 Å². The summed E-state index contributed by atoms with van der Waals surface area (Å²) in [7, 11) is 0. The summed E-state index contributed by atoms with van der Waals surface area (Å²) in [5.74, 6) is -0.999. The maximum Gasteiger partial charge on any atom is 0.337 e. The largest absolute Gasteiger partial charge is 0.478 e. The second-order valence-electron chi connectivity index (χ2n) is 4.15. The smallest absolute Gasteiger partial charge is 0.337 e. The van der Waals surface area contributed by atoms with Crippen LogP contribution < -0.4 is 5.73 Å². The summed E-state index contributed by atoms with van der Waals surface area (Å²) in [5, 5.41) is 9.04. The normalized spacial score (nSPS) is 10.4. The van der Waals surface area contributed by atoms with Gasteiger partial charge in [0, 0.05) is 15.5 Å². The van der Waals surface area contributed by atoms with Crippen LogP contribution in [0.2, 0.25) is 0 Å². The van der Waals surface area contributed by atoms with Crippen molar-refractivity contribution < 1.29 is 9.90 Å². The molecule has 2 aromatic rings. The summed E-state index contributed by atoms with van der Waals surface area (Å²) in [5.41, 5.74) is 7.35. The summed E-state index contributed by atoms with van der Waals surface area (Å²) < 4.78 is 0. The lowest BCUT2D eigenvalue weighted by molar-refractivity contribution is 0.0698. The minimum atomic E-state index is -0.999. The molecule has 19 heavy (non-hydrogen) atoms. The molecule has 98 valence electrons. The van der Waals surface area contributed by atoms with E-state index in [1.54, 1.807) is 12.1 Å². The zero-order valence-corrected chi connectivity index (χ0v) is 11.4. The van der Waals surface area contributed by atoms with Crippen molar-refractivity contribution in [1.82, 2.24) is 0 Å². The van der Waals surface area contributed by atoms with Crippen molar-refractivity contribution in [2.45, 2.75) is 23.1 Å². The van der Waals surface area contributed by atoms with Gasteiger partial charge < -0.3 is 10.8 Å². The van der Waals surface area contributed by atoms with Gasteiger partial charge in [0.1, 0.15) is 0 Å². The molecule has 0 radical (unpaired) electrons. The molecule has 0 aromatic heterocycles. The number of hydrogen-bond donors (Lipinski definition) is 2. The average molecular weight is 273 g/mol. The monoisotopic (exact) mass is 273 g/mol. The molecule has 0 aliphatic heterocycles. The molecule has 2 aromatic carbocycles. The molecule has 4 heteroatoms. The number of aromatic carboxylic acids is 1. The number of benzene rings is 2. The van der Waals surface area contributed by atoms with Gasteiger partial charge in [0.05, 0.1) is 5.56 Å². The van der Waals surface area contributed by atoms with Crippen LogP contribution in [0.25, 0.3) is 0 Å². The van der Waals surface area contributed by atoms with E-state index in [2.05, 4.69) is 19.1 Å². The van der Waals surface area contributed by atoms with Crippen LogP contribution in [0.4, 0.5) is 5.69 Å². The minimum Gasteiger partial charge on any atom is -0.478 e. The van der Waals surface area contributed by atoms with E-state index in [0.717, 1.165) is 16.2 Å². The highest BCUT2D eigenvalue weighted by atomic mass is 32.2. The molecule has 3 nitrogen and oxygen atoms in total. The Morgan fingerprint density at radius 1 is 1.16 bits per heavy atom. The van der Waals surface area contributed by atoms with Gasteiger partial charge in [-0.3, -0.25) is 0 Å². The maximum atomic E-state index is 11.0. The van der Waals surface area contributed by atoms with Crippen molar-refractivity contribution in [3.05, 3.63) is 53.6 Å². The number of anilines is 1. The maximum absolute atomic E-state index is 11.0. The lowest BCUT2D eigenvalue weighted by Gasteiger charge is -2.06. The molecule has 0 aliphatic carbocycles. The Morgan fingerprint density at radius 2 is 1.79 bits per heavy atom. The molecule has 0 aliphatic rings. The molecule has 0 atom stereocenters. The number of carboxylic acid groups (broad SMARTS) is 1. The average Bonchev–Trinajstić information content (AvgIpc) is 2.41. The second kappa shape index (κ2) is 5.80. The van der Waals surface area contributed by atoms with E-state index in [9.17, 15) is 4.79 Å². The molecule has 0 saturated heterocycles. The van der Waals surface area contributed by atoms with Crippen molar-refractivity contribution in [2.24, 2.45) is 0 Å². The van der Waals surface area contributed by atoms with E-state index < -0.39 is 5.97 Å². The minimum absolute atomic E-state index is 0.148. The lowest BCUT2D eigenvalue weighted by Crippen LogP contribution is -2.01. The van der Waals surface area contributed by atoms with E-state index in [1.807, 2.05) is 18.2 Å². The van der Waals surface area contributed by atoms with Gasteiger partial charge in [0.25, 0.3) is 0 Å². The van der Waals surface area contributed by atoms with Crippen LogP contribution in [0.1, 0.15) is 22.8 Å². The molecule has 0 heterocycles. The van der Waals surface area contributed by atoms with Gasteiger partial charge in [-0.05, 0) is 42.3 Å². The van der Waals surface area contributed by atoms with Gasteiger partial charge >= 0.3 is 5.97 Å². The standard InChI is InChI=1S/C15H15NO2S/c1-2-10-3-5-11(6-4-10)19-12-7-8-14(16)13(9-12)15(17)18/h3-9H,2,16H2,1H3,(H,17,18). The number of carboxylic acids is 1. The quantitative estimate of drug-likeness (QED) is 0.834. The number of aryl methyl sites for hydroxylation is 1. The number of rotatable bonds is 4. The highest BCUT2D eigenvalue weighted by molar-refractivity contribution is 7.99. The van der Waals surface area contributed by atoms with Crippen LogP contribution in [-0.2, 0) is 6.42 Å². The molecule has 0 fully saturated rings. The first kappa shape index (κ1) is 13.5. The van der Waals surface area contributed by atoms with Crippen LogP contribution in [0.5, 0.6) is 0 Å². The van der Waals surface area contributed by atoms with Crippen LogP contribution in [-0.4, -0.2) is 11.1 Å². The third kappa shape index (κ3) is 3.29. The molecular formula is C15H15NO2S. The Labute approximate surface area is 116 Å². The first-order valence-electron chi connectivity index (χ1n) is 5.99. The zero-order valence-electron chi connectivity index (χ0n) is 10.6. The van der Waals surface area contributed by atoms with Crippen LogP contribution in [0.3, 0.4) is 0 Å². The Bertz CT molecular complexity index is 594. The van der Waals surface area contributed by atoms with Gasteiger partial charge in [-0.2, -0.15) is 0 Å². The SMILES string of the molecule is CCc1ccc(Sc2ccc(N)c(C(=O)O)c2)cc1. The van der Waals surface area contributed by atoms with Crippen molar-refractivity contribution in [3.8, 4) is 0 Å². The van der Waals surface area contributed by atoms with Crippen molar-refractivity contribution >= 4 is 23.4 Å².